The second-order valence-electron chi connectivity index (χ2n) is 8.38. The van der Waals surface area contributed by atoms with Crippen LogP contribution in [0, 0.1) is 11.2 Å². The lowest BCUT2D eigenvalue weighted by molar-refractivity contribution is -0.144. The van der Waals surface area contributed by atoms with Crippen LogP contribution in [0.4, 0.5) is 4.79 Å². The predicted octanol–water partition coefficient (Wildman–Crippen LogP) is 4.16. The zero-order valence-corrected chi connectivity index (χ0v) is 20.6. The molecule has 8 heteroatoms. The molecule has 0 aromatic heterocycles. The number of nitrogens with one attached hydrogen (secondary N) is 2. The van der Waals surface area contributed by atoms with E-state index in [4.69, 9.17) is 9.47 Å². The molecule has 2 aromatic rings. The Morgan fingerprint density at radius 3 is 2.11 bits per heavy atom. The summed E-state index contributed by atoms with van der Waals surface area (Å²) in [6.07, 6.45) is -0.498. The van der Waals surface area contributed by atoms with Gasteiger partial charge in [0.2, 0.25) is 5.91 Å². The van der Waals surface area contributed by atoms with Crippen molar-refractivity contribution in [3.63, 3.8) is 0 Å². The lowest BCUT2D eigenvalue weighted by Crippen LogP contribution is -2.54. The van der Waals surface area contributed by atoms with Gasteiger partial charge >= 0.3 is 12.1 Å². The number of thioether (sulfide) groups is 1. The first-order chi connectivity index (χ1) is 16.2. The van der Waals surface area contributed by atoms with E-state index in [-0.39, 0.29) is 19.6 Å². The van der Waals surface area contributed by atoms with Crippen molar-refractivity contribution in [3.8, 4) is 11.2 Å². The van der Waals surface area contributed by atoms with Crippen LogP contribution in [-0.4, -0.2) is 48.5 Å². The smallest absolute Gasteiger partial charge is 0.408 e. The Morgan fingerprint density at radius 1 is 0.943 bits per heavy atom. The fraction of sp³-hybridized carbons (Fsp3) is 0.370. The minimum atomic E-state index is -0.954. The van der Waals surface area contributed by atoms with Crippen LogP contribution >= 0.6 is 11.8 Å². The molecule has 0 aliphatic carbocycles. The highest BCUT2D eigenvalue weighted by Gasteiger charge is 2.29. The van der Waals surface area contributed by atoms with E-state index in [9.17, 15) is 14.4 Å². The molecule has 7 nitrogen and oxygen atoms in total. The van der Waals surface area contributed by atoms with Crippen LogP contribution in [0.3, 0.4) is 0 Å². The third-order valence-corrected chi connectivity index (χ3v) is 5.13. The average molecular weight is 499 g/mol. The number of carbonyl (C=O) groups is 3. The Balaban J connectivity index is 0.00000612. The fourth-order valence-corrected chi connectivity index (χ4v) is 3.49. The van der Waals surface area contributed by atoms with Gasteiger partial charge < -0.3 is 20.1 Å². The Hall–Kier alpha value is -3.44. The number of alkyl carbamates (subject to hydrolysis) is 1. The highest BCUT2D eigenvalue weighted by molar-refractivity contribution is 8.03. The predicted molar refractivity (Wildman–Crippen MR) is 140 cm³/mol. The fourth-order valence-electron chi connectivity index (χ4n) is 2.83. The van der Waals surface area contributed by atoms with Crippen molar-refractivity contribution < 1.29 is 23.9 Å². The van der Waals surface area contributed by atoms with Crippen LogP contribution in [0.2, 0.25) is 0 Å². The number of benzene rings is 2. The van der Waals surface area contributed by atoms with Crippen LogP contribution in [-0.2, 0) is 25.5 Å². The summed E-state index contributed by atoms with van der Waals surface area (Å²) in [6, 6.07) is 16.8. The number of esters is 1. The maximum Gasteiger partial charge on any atom is 0.408 e. The lowest BCUT2D eigenvalue weighted by Gasteiger charge is -2.24. The molecule has 0 fully saturated rings. The molecule has 2 amide bonds. The minimum Gasteiger partial charge on any atom is -0.467 e. The van der Waals surface area contributed by atoms with Crippen LogP contribution in [0.25, 0.3) is 0 Å². The van der Waals surface area contributed by atoms with Gasteiger partial charge in [-0.15, -0.1) is 0 Å². The molecule has 2 rings (SSSR count). The number of hydrogen-bond acceptors (Lipinski definition) is 6. The number of rotatable bonds is 8. The Bertz CT molecular complexity index is 1010. The number of methoxy groups -OCH3 is 1. The van der Waals surface area contributed by atoms with Crippen molar-refractivity contribution >= 4 is 29.7 Å². The maximum absolute atomic E-state index is 13.1. The summed E-state index contributed by atoms with van der Waals surface area (Å²) in [5, 5.41) is 8.22. The molecule has 2 aromatic carbocycles. The van der Waals surface area contributed by atoms with E-state index in [1.807, 2.05) is 60.7 Å². The Labute approximate surface area is 212 Å². The molecule has 0 saturated carbocycles. The van der Waals surface area contributed by atoms with Crippen LogP contribution < -0.4 is 10.6 Å². The molecule has 0 aliphatic heterocycles. The highest BCUT2D eigenvalue weighted by Crippen LogP contribution is 2.10. The zero-order chi connectivity index (χ0) is 25.0. The van der Waals surface area contributed by atoms with E-state index in [0.717, 1.165) is 11.1 Å². The van der Waals surface area contributed by atoms with Crippen molar-refractivity contribution in [3.05, 3.63) is 71.8 Å². The van der Waals surface area contributed by atoms with Gasteiger partial charge in [-0.1, -0.05) is 73.6 Å². The van der Waals surface area contributed by atoms with Gasteiger partial charge in [0, 0.05) is 17.7 Å². The van der Waals surface area contributed by atoms with Gasteiger partial charge in [0.1, 0.15) is 17.7 Å². The second kappa shape index (κ2) is 14.7. The summed E-state index contributed by atoms with van der Waals surface area (Å²) in [5.41, 5.74) is 0.968. The van der Waals surface area contributed by atoms with Gasteiger partial charge in [-0.05, 0) is 43.7 Å². The second-order valence-corrected chi connectivity index (χ2v) is 9.20. The van der Waals surface area contributed by atoms with E-state index < -0.39 is 35.7 Å². The normalized spacial score (nSPS) is 12.0. The van der Waals surface area contributed by atoms with Crippen LogP contribution in [0.15, 0.2) is 60.7 Å². The third kappa shape index (κ3) is 11.5. The van der Waals surface area contributed by atoms with E-state index in [0.29, 0.717) is 0 Å². The van der Waals surface area contributed by atoms with Crippen LogP contribution in [0.1, 0.15) is 39.3 Å². The monoisotopic (exact) mass is 498 g/mol. The molecule has 35 heavy (non-hydrogen) atoms. The molecule has 0 bridgehead atoms. The summed E-state index contributed by atoms with van der Waals surface area (Å²) >= 11 is 1.19. The number of amides is 2. The molecule has 2 N–H and O–H groups in total. The summed E-state index contributed by atoms with van der Waals surface area (Å²) < 4.78 is 10.2. The molecular formula is C27H34N2O5S. The van der Waals surface area contributed by atoms with Crippen molar-refractivity contribution in [1.29, 1.82) is 0 Å². The standard InChI is InChI=1S/C26H30N2O5S.CH4/c1-26(2,3)33-25(31)28-21(17-20-13-9-6-10-14-20)23(29)27-22(24(30)32-4)18-34-16-15-19-11-7-5-8-12-19;/h5-14,21-22H,17-18H2,1-4H3,(H,27,29)(H,28,31);1H4/t21-,22-;/m0./s1. The molecule has 188 valence electrons. The van der Waals surface area contributed by atoms with Crippen molar-refractivity contribution in [2.45, 2.75) is 52.3 Å². The van der Waals surface area contributed by atoms with Gasteiger partial charge in [-0.3, -0.25) is 4.79 Å². The summed E-state index contributed by atoms with van der Waals surface area (Å²) in [4.78, 5) is 37.7. The van der Waals surface area contributed by atoms with E-state index in [1.54, 1.807) is 20.8 Å². The molecule has 0 saturated heterocycles. The number of ether oxygens (including phenoxy) is 2. The third-order valence-electron chi connectivity index (χ3n) is 4.38. The molecule has 0 unspecified atom stereocenters. The zero-order valence-electron chi connectivity index (χ0n) is 19.8. The molecule has 0 radical (unpaired) electrons. The van der Waals surface area contributed by atoms with E-state index in [2.05, 4.69) is 21.8 Å². The van der Waals surface area contributed by atoms with Crippen molar-refractivity contribution in [1.82, 2.24) is 10.6 Å². The van der Waals surface area contributed by atoms with Crippen molar-refractivity contribution in [2.75, 3.05) is 12.9 Å². The largest absolute Gasteiger partial charge is 0.467 e. The van der Waals surface area contributed by atoms with Gasteiger partial charge in [-0.2, -0.15) is 0 Å². The van der Waals surface area contributed by atoms with Gasteiger partial charge in [-0.25, -0.2) is 9.59 Å². The molecule has 0 heterocycles. The van der Waals surface area contributed by atoms with Gasteiger partial charge in [0.05, 0.1) is 7.11 Å². The summed E-state index contributed by atoms with van der Waals surface area (Å²) in [5.74, 6) is 2.05. The lowest BCUT2D eigenvalue weighted by atomic mass is 10.1. The quantitative estimate of drug-likeness (QED) is 0.419. The topological polar surface area (TPSA) is 93.7 Å². The first kappa shape index (κ1) is 29.6. The maximum atomic E-state index is 13.1. The van der Waals surface area contributed by atoms with E-state index in [1.165, 1.54) is 18.9 Å². The first-order valence-electron chi connectivity index (χ1n) is 10.8. The average Bonchev–Trinajstić information content (AvgIpc) is 2.80. The Morgan fingerprint density at radius 2 is 1.54 bits per heavy atom. The molecular weight excluding hydrogens is 464 g/mol. The van der Waals surface area contributed by atoms with Gasteiger partial charge in [0.15, 0.2) is 0 Å². The summed E-state index contributed by atoms with van der Waals surface area (Å²) in [6.45, 7) is 5.21. The van der Waals surface area contributed by atoms with Gasteiger partial charge in [0.25, 0.3) is 0 Å². The van der Waals surface area contributed by atoms with E-state index >= 15 is 0 Å². The summed E-state index contributed by atoms with van der Waals surface area (Å²) in [7, 11) is 1.25. The minimum absolute atomic E-state index is 0. The van der Waals surface area contributed by atoms with Crippen molar-refractivity contribution in [2.24, 2.45) is 0 Å². The molecule has 0 spiro atoms. The number of hydrogen-bond donors (Lipinski definition) is 2. The highest BCUT2D eigenvalue weighted by atomic mass is 32.2. The molecule has 2 atom stereocenters. The Kier molecular flexibility index (Phi) is 12.5. The first-order valence-corrected chi connectivity index (χ1v) is 11.8. The number of carbonyl (C=O) groups excluding carboxylic acids is 3. The SMILES string of the molecule is C.COC(=O)[C@H](CSC#Cc1ccccc1)NC(=O)[C@H](Cc1ccccc1)NC(=O)OC(C)(C)C. The van der Waals surface area contributed by atoms with Crippen LogP contribution in [0.5, 0.6) is 0 Å². The molecule has 0 aliphatic rings.